The van der Waals surface area contributed by atoms with Crippen molar-refractivity contribution in [2.45, 2.75) is 0 Å². The van der Waals surface area contributed by atoms with Crippen LogP contribution in [0.1, 0.15) is 0 Å². The van der Waals surface area contributed by atoms with E-state index in [1.807, 2.05) is 26.2 Å². The van der Waals surface area contributed by atoms with E-state index in [1.165, 1.54) is 12.1 Å². The molecule has 2 rings (SSSR count). The number of rotatable bonds is 5. The molecule has 0 bridgehead atoms. The Balaban J connectivity index is 2.17. The number of nitrogens with one attached hydrogen (secondary N) is 1. The number of nitro benzene ring substituents is 1. The lowest BCUT2D eigenvalue weighted by Gasteiger charge is -2.11. The van der Waals surface area contributed by atoms with Crippen LogP contribution in [0.3, 0.4) is 0 Å². The molecule has 0 fully saturated rings. The van der Waals surface area contributed by atoms with Crippen LogP contribution in [0, 0.1) is 10.1 Å². The number of hydrogen-bond acceptors (Lipinski definition) is 5. The average Bonchev–Trinajstić information content (AvgIpc) is 2.37. The summed E-state index contributed by atoms with van der Waals surface area (Å²) in [4.78, 5) is 16.8. The number of likely N-dealkylation sites (N-methyl/N-ethyl adjacent to an activating group) is 1. The van der Waals surface area contributed by atoms with Crippen LogP contribution in [0.2, 0.25) is 0 Å². The molecule has 19 heavy (non-hydrogen) atoms. The predicted molar refractivity (Wildman–Crippen MR) is 75.4 cm³/mol. The molecule has 0 radical (unpaired) electrons. The SMILES string of the molecule is CN(C)CCNc1ccc2cc([N+](=O)[O-])ccc2n1. The molecule has 0 amide bonds. The highest BCUT2D eigenvalue weighted by molar-refractivity contribution is 5.82. The topological polar surface area (TPSA) is 71.3 Å². The minimum absolute atomic E-state index is 0.0858. The highest BCUT2D eigenvalue weighted by Crippen LogP contribution is 2.20. The summed E-state index contributed by atoms with van der Waals surface area (Å²) in [5, 5.41) is 14.7. The lowest BCUT2D eigenvalue weighted by atomic mass is 10.2. The highest BCUT2D eigenvalue weighted by Gasteiger charge is 2.06. The van der Waals surface area contributed by atoms with E-state index >= 15 is 0 Å². The molecule has 1 aromatic heterocycles. The number of fused-ring (bicyclic) bond motifs is 1. The lowest BCUT2D eigenvalue weighted by Crippen LogP contribution is -2.21. The molecule has 2 aromatic rings. The Kier molecular flexibility index (Phi) is 3.91. The van der Waals surface area contributed by atoms with Crippen LogP contribution in [-0.4, -0.2) is 42.0 Å². The zero-order valence-electron chi connectivity index (χ0n) is 11.0. The van der Waals surface area contributed by atoms with Crippen molar-refractivity contribution >= 4 is 22.4 Å². The number of nitro groups is 1. The number of anilines is 1. The largest absolute Gasteiger partial charge is 0.369 e. The second kappa shape index (κ2) is 5.62. The molecular formula is C13H16N4O2. The Morgan fingerprint density at radius 1 is 1.32 bits per heavy atom. The second-order valence-electron chi connectivity index (χ2n) is 4.56. The lowest BCUT2D eigenvalue weighted by molar-refractivity contribution is -0.384. The first-order valence-electron chi connectivity index (χ1n) is 6.00. The van der Waals surface area contributed by atoms with E-state index in [2.05, 4.69) is 15.2 Å². The Hall–Kier alpha value is -2.21. The van der Waals surface area contributed by atoms with Crippen LogP contribution in [0.25, 0.3) is 10.9 Å². The van der Waals surface area contributed by atoms with E-state index < -0.39 is 4.92 Å². The molecule has 1 heterocycles. The van der Waals surface area contributed by atoms with Crippen LogP contribution >= 0.6 is 0 Å². The maximum absolute atomic E-state index is 10.7. The molecule has 0 spiro atoms. The third-order valence-corrected chi connectivity index (χ3v) is 2.75. The smallest absolute Gasteiger partial charge is 0.270 e. The van der Waals surface area contributed by atoms with E-state index in [0.29, 0.717) is 0 Å². The summed E-state index contributed by atoms with van der Waals surface area (Å²) in [6, 6.07) is 8.35. The first kappa shape index (κ1) is 13.2. The summed E-state index contributed by atoms with van der Waals surface area (Å²) >= 11 is 0. The summed E-state index contributed by atoms with van der Waals surface area (Å²) in [6.45, 7) is 1.72. The summed E-state index contributed by atoms with van der Waals surface area (Å²) in [5.41, 5.74) is 0.836. The summed E-state index contributed by atoms with van der Waals surface area (Å²) in [6.07, 6.45) is 0. The fourth-order valence-corrected chi connectivity index (χ4v) is 1.73. The van der Waals surface area contributed by atoms with Crippen molar-refractivity contribution in [3.63, 3.8) is 0 Å². The van der Waals surface area contributed by atoms with Crippen molar-refractivity contribution < 1.29 is 4.92 Å². The molecule has 1 N–H and O–H groups in total. The third kappa shape index (κ3) is 3.38. The molecule has 100 valence electrons. The summed E-state index contributed by atoms with van der Waals surface area (Å²) in [7, 11) is 4.02. The summed E-state index contributed by atoms with van der Waals surface area (Å²) in [5.74, 6) is 0.781. The van der Waals surface area contributed by atoms with Gasteiger partial charge < -0.3 is 10.2 Å². The molecule has 0 atom stereocenters. The van der Waals surface area contributed by atoms with Gasteiger partial charge in [-0.3, -0.25) is 10.1 Å². The number of non-ortho nitro benzene ring substituents is 1. The number of nitrogens with zero attached hydrogens (tertiary/aromatic N) is 3. The molecule has 0 aliphatic rings. The van der Waals surface area contributed by atoms with Gasteiger partial charge in [0.2, 0.25) is 0 Å². The van der Waals surface area contributed by atoms with E-state index in [0.717, 1.165) is 29.8 Å². The standard InChI is InChI=1S/C13H16N4O2/c1-16(2)8-7-14-13-6-3-10-9-11(17(18)19)4-5-12(10)15-13/h3-6,9H,7-8H2,1-2H3,(H,14,15). The number of hydrogen-bond donors (Lipinski definition) is 1. The Labute approximate surface area is 111 Å². The Morgan fingerprint density at radius 2 is 2.11 bits per heavy atom. The molecular weight excluding hydrogens is 244 g/mol. The zero-order valence-corrected chi connectivity index (χ0v) is 11.0. The minimum Gasteiger partial charge on any atom is -0.369 e. The fourth-order valence-electron chi connectivity index (χ4n) is 1.73. The van der Waals surface area contributed by atoms with E-state index in [4.69, 9.17) is 0 Å². The van der Waals surface area contributed by atoms with Gasteiger partial charge in [0.15, 0.2) is 0 Å². The summed E-state index contributed by atoms with van der Waals surface area (Å²) < 4.78 is 0. The van der Waals surface area contributed by atoms with Gasteiger partial charge in [-0.15, -0.1) is 0 Å². The monoisotopic (exact) mass is 260 g/mol. The van der Waals surface area contributed by atoms with Gasteiger partial charge in [-0.25, -0.2) is 4.98 Å². The van der Waals surface area contributed by atoms with Gasteiger partial charge in [0.1, 0.15) is 5.82 Å². The van der Waals surface area contributed by atoms with Crippen LogP contribution < -0.4 is 5.32 Å². The van der Waals surface area contributed by atoms with Crippen molar-refractivity contribution in [2.75, 3.05) is 32.5 Å². The maximum atomic E-state index is 10.7. The van der Waals surface area contributed by atoms with Crippen LogP contribution in [0.4, 0.5) is 11.5 Å². The quantitative estimate of drug-likeness (QED) is 0.658. The first-order valence-corrected chi connectivity index (χ1v) is 6.00. The molecule has 6 heteroatoms. The molecule has 1 aromatic carbocycles. The van der Waals surface area contributed by atoms with E-state index in [-0.39, 0.29) is 5.69 Å². The third-order valence-electron chi connectivity index (χ3n) is 2.75. The predicted octanol–water partition coefficient (Wildman–Crippen LogP) is 2.12. The highest BCUT2D eigenvalue weighted by atomic mass is 16.6. The zero-order chi connectivity index (χ0) is 13.8. The van der Waals surface area contributed by atoms with Crippen LogP contribution in [0.15, 0.2) is 30.3 Å². The van der Waals surface area contributed by atoms with Crippen molar-refractivity contribution in [1.29, 1.82) is 0 Å². The van der Waals surface area contributed by atoms with Crippen molar-refractivity contribution in [1.82, 2.24) is 9.88 Å². The number of aromatic nitrogens is 1. The minimum atomic E-state index is -0.400. The van der Waals surface area contributed by atoms with Gasteiger partial charge in [0, 0.05) is 30.6 Å². The molecule has 6 nitrogen and oxygen atoms in total. The first-order chi connectivity index (χ1) is 9.06. The number of benzene rings is 1. The van der Waals surface area contributed by atoms with E-state index in [9.17, 15) is 10.1 Å². The van der Waals surface area contributed by atoms with Gasteiger partial charge in [0.25, 0.3) is 5.69 Å². The average molecular weight is 260 g/mol. The number of pyridine rings is 1. The maximum Gasteiger partial charge on any atom is 0.270 e. The molecule has 0 saturated carbocycles. The fraction of sp³-hybridized carbons (Fsp3) is 0.308. The molecule has 0 aliphatic carbocycles. The second-order valence-corrected chi connectivity index (χ2v) is 4.56. The van der Waals surface area contributed by atoms with Gasteiger partial charge in [-0.1, -0.05) is 0 Å². The van der Waals surface area contributed by atoms with Crippen molar-refractivity contribution in [3.05, 3.63) is 40.4 Å². The van der Waals surface area contributed by atoms with Gasteiger partial charge in [-0.05, 0) is 32.3 Å². The van der Waals surface area contributed by atoms with Crippen molar-refractivity contribution in [3.8, 4) is 0 Å². The van der Waals surface area contributed by atoms with Gasteiger partial charge in [-0.2, -0.15) is 0 Å². The van der Waals surface area contributed by atoms with Gasteiger partial charge >= 0.3 is 0 Å². The van der Waals surface area contributed by atoms with Crippen LogP contribution in [0.5, 0.6) is 0 Å². The van der Waals surface area contributed by atoms with E-state index in [1.54, 1.807) is 6.07 Å². The van der Waals surface area contributed by atoms with Crippen LogP contribution in [-0.2, 0) is 0 Å². The normalized spacial score (nSPS) is 10.9. The molecule has 0 unspecified atom stereocenters. The molecule has 0 saturated heterocycles. The van der Waals surface area contributed by atoms with Gasteiger partial charge in [0.05, 0.1) is 10.4 Å². The Bertz CT molecular complexity index is 598. The van der Waals surface area contributed by atoms with Crippen molar-refractivity contribution in [2.24, 2.45) is 0 Å². The Morgan fingerprint density at radius 3 is 2.79 bits per heavy atom. The molecule has 0 aliphatic heterocycles.